The summed E-state index contributed by atoms with van der Waals surface area (Å²) in [5, 5.41) is 0. The molecule has 110 valence electrons. The lowest BCUT2D eigenvalue weighted by atomic mass is 10.5. The van der Waals surface area contributed by atoms with Gasteiger partial charge in [0, 0.05) is 20.3 Å². The molecule has 0 aromatic heterocycles. The summed E-state index contributed by atoms with van der Waals surface area (Å²) in [5.74, 6) is 0. The molecule has 0 aliphatic carbocycles. The summed E-state index contributed by atoms with van der Waals surface area (Å²) in [4.78, 5) is 0. The zero-order chi connectivity index (χ0) is 14.1. The molecule has 0 aromatic carbocycles. The van der Waals surface area contributed by atoms with E-state index in [1.54, 1.807) is 7.11 Å². The molecule has 0 radical (unpaired) electrons. The Kier molecular flexibility index (Phi) is 9.36. The van der Waals surface area contributed by atoms with Crippen LogP contribution in [0.3, 0.4) is 0 Å². The number of nitrogens with two attached hydrogens (primary N) is 1. The predicted molar refractivity (Wildman–Crippen MR) is 81.6 cm³/mol. The lowest BCUT2D eigenvalue weighted by molar-refractivity contribution is 0.145. The Labute approximate surface area is 115 Å². The van der Waals surface area contributed by atoms with Gasteiger partial charge in [-0.15, -0.1) is 0 Å². The van der Waals surface area contributed by atoms with Crippen LogP contribution in [-0.4, -0.2) is 43.7 Å². The first-order valence-electron chi connectivity index (χ1n) is 6.92. The lowest BCUT2D eigenvalue weighted by Crippen LogP contribution is -2.48. The van der Waals surface area contributed by atoms with E-state index in [1.807, 2.05) is 6.92 Å². The van der Waals surface area contributed by atoms with Crippen molar-refractivity contribution < 1.29 is 13.3 Å². The highest BCUT2D eigenvalue weighted by Crippen LogP contribution is 2.24. The van der Waals surface area contributed by atoms with Gasteiger partial charge in [0.15, 0.2) is 8.32 Å². The molecule has 0 aromatic rings. The van der Waals surface area contributed by atoms with Crippen molar-refractivity contribution in [3.63, 3.8) is 0 Å². The quantitative estimate of drug-likeness (QED) is 0.470. The monoisotopic (exact) mass is 293 g/mol. The van der Waals surface area contributed by atoms with Gasteiger partial charge in [0.1, 0.15) is 0 Å². The standard InChI is InChI=1S/C12H31NO3Si2/c1-6-15-10-8-12-18(5,14-2)16-17(3,4)11-7-9-13/h6-13H2,1-5H3. The third-order valence-corrected chi connectivity index (χ3v) is 10.7. The van der Waals surface area contributed by atoms with Gasteiger partial charge in [-0.25, -0.2) is 0 Å². The van der Waals surface area contributed by atoms with Crippen molar-refractivity contribution in [3.8, 4) is 0 Å². The highest BCUT2D eigenvalue weighted by atomic mass is 28.4. The highest BCUT2D eigenvalue weighted by Gasteiger charge is 2.37. The van der Waals surface area contributed by atoms with E-state index in [0.717, 1.165) is 44.7 Å². The van der Waals surface area contributed by atoms with Crippen LogP contribution < -0.4 is 5.73 Å². The Morgan fingerprint density at radius 1 is 1.06 bits per heavy atom. The first kappa shape index (κ1) is 18.3. The van der Waals surface area contributed by atoms with Crippen LogP contribution in [0, 0.1) is 0 Å². The summed E-state index contributed by atoms with van der Waals surface area (Å²) in [7, 11) is -1.87. The zero-order valence-corrected chi connectivity index (χ0v) is 14.8. The Morgan fingerprint density at radius 3 is 2.22 bits per heavy atom. The van der Waals surface area contributed by atoms with Gasteiger partial charge in [-0.2, -0.15) is 0 Å². The molecule has 0 saturated carbocycles. The van der Waals surface area contributed by atoms with E-state index in [9.17, 15) is 0 Å². The fraction of sp³-hybridized carbons (Fsp3) is 1.00. The van der Waals surface area contributed by atoms with E-state index in [4.69, 9.17) is 19.0 Å². The van der Waals surface area contributed by atoms with Crippen molar-refractivity contribution >= 4 is 16.9 Å². The normalized spacial score (nSPS) is 15.7. The number of hydrogen-bond acceptors (Lipinski definition) is 4. The van der Waals surface area contributed by atoms with Crippen molar-refractivity contribution in [3.05, 3.63) is 0 Å². The van der Waals surface area contributed by atoms with Crippen molar-refractivity contribution in [2.24, 2.45) is 5.73 Å². The van der Waals surface area contributed by atoms with E-state index < -0.39 is 16.9 Å². The van der Waals surface area contributed by atoms with Gasteiger partial charge in [0.25, 0.3) is 0 Å². The van der Waals surface area contributed by atoms with Gasteiger partial charge < -0.3 is 19.0 Å². The molecule has 4 nitrogen and oxygen atoms in total. The largest absolute Gasteiger partial charge is 0.436 e. The van der Waals surface area contributed by atoms with Gasteiger partial charge in [-0.1, -0.05) is 0 Å². The van der Waals surface area contributed by atoms with Gasteiger partial charge in [0.05, 0.1) is 0 Å². The molecule has 0 rings (SSSR count). The van der Waals surface area contributed by atoms with Crippen LogP contribution in [0.25, 0.3) is 0 Å². The molecule has 0 saturated heterocycles. The minimum atomic E-state index is -2.02. The summed E-state index contributed by atoms with van der Waals surface area (Å²) in [6, 6.07) is 2.11. The summed E-state index contributed by atoms with van der Waals surface area (Å²) in [6.07, 6.45) is 2.07. The number of hydrogen-bond donors (Lipinski definition) is 1. The summed E-state index contributed by atoms with van der Waals surface area (Å²) in [6.45, 7) is 11.0. The fourth-order valence-electron chi connectivity index (χ4n) is 2.00. The maximum atomic E-state index is 6.40. The van der Waals surface area contributed by atoms with Gasteiger partial charge in [0.2, 0.25) is 0 Å². The molecular formula is C12H31NO3Si2. The van der Waals surface area contributed by atoms with Crippen LogP contribution >= 0.6 is 0 Å². The molecule has 0 bridgehead atoms. The number of ether oxygens (including phenoxy) is 1. The second kappa shape index (κ2) is 9.22. The van der Waals surface area contributed by atoms with Crippen molar-refractivity contribution in [2.75, 3.05) is 26.9 Å². The molecule has 2 N–H and O–H groups in total. The third-order valence-electron chi connectivity index (χ3n) is 3.03. The van der Waals surface area contributed by atoms with Crippen molar-refractivity contribution in [1.29, 1.82) is 0 Å². The molecule has 18 heavy (non-hydrogen) atoms. The van der Waals surface area contributed by atoms with Gasteiger partial charge in [-0.05, 0) is 58.0 Å². The molecule has 6 heteroatoms. The lowest BCUT2D eigenvalue weighted by Gasteiger charge is -2.34. The smallest absolute Gasteiger partial charge is 0.324 e. The molecule has 0 amide bonds. The van der Waals surface area contributed by atoms with Crippen molar-refractivity contribution in [1.82, 2.24) is 0 Å². The molecule has 0 fully saturated rings. The first-order valence-corrected chi connectivity index (χ1v) is 12.6. The highest BCUT2D eigenvalue weighted by molar-refractivity contribution is 6.82. The molecule has 1 atom stereocenters. The van der Waals surface area contributed by atoms with Crippen LogP contribution in [0.5, 0.6) is 0 Å². The zero-order valence-electron chi connectivity index (χ0n) is 12.8. The van der Waals surface area contributed by atoms with E-state index >= 15 is 0 Å². The van der Waals surface area contributed by atoms with Crippen LogP contribution in [0.4, 0.5) is 0 Å². The van der Waals surface area contributed by atoms with Gasteiger partial charge in [-0.3, -0.25) is 0 Å². The second-order valence-corrected chi connectivity index (χ2v) is 13.4. The van der Waals surface area contributed by atoms with E-state index in [2.05, 4.69) is 19.6 Å². The maximum Gasteiger partial charge on any atom is 0.324 e. The average Bonchev–Trinajstić information content (AvgIpc) is 2.32. The Morgan fingerprint density at radius 2 is 1.72 bits per heavy atom. The first-order chi connectivity index (χ1) is 8.39. The van der Waals surface area contributed by atoms with Crippen LogP contribution in [0.15, 0.2) is 0 Å². The number of rotatable bonds is 11. The molecule has 0 heterocycles. The summed E-state index contributed by atoms with van der Waals surface area (Å²) in [5.41, 5.74) is 5.58. The van der Waals surface area contributed by atoms with Crippen LogP contribution in [0.1, 0.15) is 19.8 Å². The minimum Gasteiger partial charge on any atom is -0.436 e. The molecule has 0 aliphatic heterocycles. The SMILES string of the molecule is CCOCCC[Si](C)(OC)O[Si](C)(C)CCCN. The van der Waals surface area contributed by atoms with Crippen molar-refractivity contribution in [2.45, 2.75) is 51.5 Å². The topological polar surface area (TPSA) is 53.7 Å². The third kappa shape index (κ3) is 8.39. The fourth-order valence-corrected chi connectivity index (χ4v) is 9.87. The minimum absolute atomic E-state index is 0.745. The average molecular weight is 294 g/mol. The summed E-state index contributed by atoms with van der Waals surface area (Å²) >= 11 is 0. The Hall–Kier alpha value is 0.274. The van der Waals surface area contributed by atoms with E-state index in [0.29, 0.717) is 0 Å². The molecule has 0 aliphatic rings. The van der Waals surface area contributed by atoms with E-state index in [1.165, 1.54) is 0 Å². The van der Waals surface area contributed by atoms with Crippen LogP contribution in [-0.2, 0) is 13.3 Å². The Bertz CT molecular complexity index is 217. The predicted octanol–water partition coefficient (Wildman–Crippen LogP) is 2.70. The molecule has 0 spiro atoms. The molecule has 1 unspecified atom stereocenters. The maximum absolute atomic E-state index is 6.40. The summed E-state index contributed by atoms with van der Waals surface area (Å²) < 4.78 is 17.5. The second-order valence-electron chi connectivity index (χ2n) is 5.39. The van der Waals surface area contributed by atoms with E-state index in [-0.39, 0.29) is 0 Å². The van der Waals surface area contributed by atoms with Gasteiger partial charge >= 0.3 is 8.56 Å². The van der Waals surface area contributed by atoms with Crippen LogP contribution in [0.2, 0.25) is 31.7 Å². The molecular weight excluding hydrogens is 262 g/mol. The Balaban J connectivity index is 4.18.